The first-order valence-corrected chi connectivity index (χ1v) is 4.96. The van der Waals surface area contributed by atoms with Crippen molar-refractivity contribution in [3.63, 3.8) is 0 Å². The zero-order valence-electron chi connectivity index (χ0n) is 9.38. The van der Waals surface area contributed by atoms with E-state index in [4.69, 9.17) is 20.1 Å². The van der Waals surface area contributed by atoms with Gasteiger partial charge in [-0.25, -0.2) is 9.59 Å². The first kappa shape index (κ1) is 14.6. The predicted octanol–water partition coefficient (Wildman–Crippen LogP) is -1.07. The molecule has 104 valence electrons. The number of esters is 1. The summed E-state index contributed by atoms with van der Waals surface area (Å²) >= 11 is 0. The van der Waals surface area contributed by atoms with Gasteiger partial charge in [0.05, 0.1) is 6.26 Å². The van der Waals surface area contributed by atoms with Gasteiger partial charge < -0.3 is 24.8 Å². The lowest BCUT2D eigenvalue weighted by atomic mass is 9.87. The minimum atomic E-state index is -1.94. The summed E-state index contributed by atoms with van der Waals surface area (Å²) in [7, 11) is 0. The monoisotopic (exact) mass is 274 g/mol. The molecule has 9 heteroatoms. The van der Waals surface area contributed by atoms with Gasteiger partial charge in [-0.2, -0.15) is 0 Å². The molecule has 4 atom stereocenters. The minimum Gasteiger partial charge on any atom is -0.481 e. The zero-order chi connectivity index (χ0) is 14.7. The molecule has 0 radical (unpaired) electrons. The largest absolute Gasteiger partial charge is 0.481 e. The maximum atomic E-state index is 11.4. The number of carbonyl (C=O) groups is 4. The third-order valence-corrected chi connectivity index (χ3v) is 2.58. The number of aliphatic carboxylic acids is 3. The second kappa shape index (κ2) is 5.48. The molecule has 0 spiro atoms. The molecule has 1 saturated heterocycles. The Morgan fingerprint density at radius 3 is 1.79 bits per heavy atom. The summed E-state index contributed by atoms with van der Waals surface area (Å²) in [6.07, 6.45) is -3.06. The normalized spacial score (nSPS) is 29.5. The highest BCUT2D eigenvalue weighted by Gasteiger charge is 2.58. The van der Waals surface area contributed by atoms with E-state index in [1.54, 1.807) is 0 Å². The van der Waals surface area contributed by atoms with Crippen LogP contribution in [0.15, 0.2) is 12.8 Å². The van der Waals surface area contributed by atoms with Crippen LogP contribution in [0, 0.1) is 11.8 Å². The average molecular weight is 274 g/mol. The van der Waals surface area contributed by atoms with E-state index in [0.29, 0.717) is 6.26 Å². The highest BCUT2D eigenvalue weighted by molar-refractivity contribution is 5.92. The first-order valence-electron chi connectivity index (χ1n) is 4.96. The van der Waals surface area contributed by atoms with Crippen molar-refractivity contribution in [1.82, 2.24) is 0 Å². The standard InChI is InChI=1S/C10H10O9/c1-2-18-10(17)6-4(8(13)14)3(7(11)12)5(19-6)9(15)16/h2-6H,1H2,(H,11,12)(H,13,14)(H,15,16). The Morgan fingerprint density at radius 2 is 1.42 bits per heavy atom. The Morgan fingerprint density at radius 1 is 0.947 bits per heavy atom. The smallest absolute Gasteiger partial charge is 0.341 e. The van der Waals surface area contributed by atoms with Gasteiger partial charge in [0.1, 0.15) is 11.8 Å². The molecule has 4 unspecified atom stereocenters. The number of hydrogen-bond donors (Lipinski definition) is 3. The van der Waals surface area contributed by atoms with Crippen LogP contribution >= 0.6 is 0 Å². The van der Waals surface area contributed by atoms with Crippen molar-refractivity contribution >= 4 is 23.9 Å². The van der Waals surface area contributed by atoms with Crippen LogP contribution in [-0.4, -0.2) is 51.4 Å². The Bertz CT molecular complexity index is 440. The lowest BCUT2D eigenvalue weighted by Gasteiger charge is -2.14. The van der Waals surface area contributed by atoms with Crippen molar-refractivity contribution in [3.05, 3.63) is 12.8 Å². The minimum absolute atomic E-state index is 0.703. The first-order chi connectivity index (χ1) is 8.81. The van der Waals surface area contributed by atoms with Gasteiger partial charge in [0.2, 0.25) is 0 Å². The van der Waals surface area contributed by atoms with Crippen molar-refractivity contribution in [2.45, 2.75) is 12.2 Å². The Hall–Kier alpha value is -2.42. The number of rotatable bonds is 5. The molecule has 1 heterocycles. The van der Waals surface area contributed by atoms with Crippen LogP contribution in [0.1, 0.15) is 0 Å². The molecular formula is C10H10O9. The van der Waals surface area contributed by atoms with Crippen molar-refractivity contribution < 1.29 is 44.0 Å². The summed E-state index contributed by atoms with van der Waals surface area (Å²) in [5, 5.41) is 26.7. The number of carboxylic acid groups (broad SMARTS) is 3. The van der Waals surface area contributed by atoms with E-state index in [1.165, 1.54) is 0 Å². The van der Waals surface area contributed by atoms with Gasteiger partial charge in [-0.1, -0.05) is 6.58 Å². The van der Waals surface area contributed by atoms with E-state index in [9.17, 15) is 19.2 Å². The summed E-state index contributed by atoms with van der Waals surface area (Å²) in [6, 6.07) is 0. The van der Waals surface area contributed by atoms with E-state index in [-0.39, 0.29) is 0 Å². The van der Waals surface area contributed by atoms with E-state index < -0.39 is 47.9 Å². The summed E-state index contributed by atoms with van der Waals surface area (Å²) in [6.45, 7) is 3.07. The second-order valence-electron chi connectivity index (χ2n) is 3.65. The number of carbonyl (C=O) groups excluding carboxylic acids is 1. The Balaban J connectivity index is 3.16. The molecule has 0 aromatic rings. The van der Waals surface area contributed by atoms with Crippen LogP contribution in [0.5, 0.6) is 0 Å². The van der Waals surface area contributed by atoms with Crippen molar-refractivity contribution in [2.24, 2.45) is 11.8 Å². The van der Waals surface area contributed by atoms with Crippen LogP contribution in [0.25, 0.3) is 0 Å². The van der Waals surface area contributed by atoms with Crippen LogP contribution < -0.4 is 0 Å². The molecular weight excluding hydrogens is 264 g/mol. The van der Waals surface area contributed by atoms with Crippen LogP contribution in [0.3, 0.4) is 0 Å². The molecule has 0 aliphatic carbocycles. The third-order valence-electron chi connectivity index (χ3n) is 2.58. The molecule has 0 aromatic heterocycles. The lowest BCUT2D eigenvalue weighted by molar-refractivity contribution is -0.163. The number of carboxylic acids is 3. The molecule has 0 saturated carbocycles. The maximum absolute atomic E-state index is 11.4. The quantitative estimate of drug-likeness (QED) is 0.420. The fourth-order valence-corrected chi connectivity index (χ4v) is 1.83. The van der Waals surface area contributed by atoms with Gasteiger partial charge in [0.25, 0.3) is 0 Å². The molecule has 0 amide bonds. The molecule has 1 rings (SSSR count). The summed E-state index contributed by atoms with van der Waals surface area (Å²) < 4.78 is 9.01. The topological polar surface area (TPSA) is 147 Å². The number of ether oxygens (including phenoxy) is 2. The van der Waals surface area contributed by atoms with Crippen LogP contribution in [-0.2, 0) is 28.7 Å². The molecule has 1 aliphatic rings. The van der Waals surface area contributed by atoms with Crippen LogP contribution in [0.4, 0.5) is 0 Å². The van der Waals surface area contributed by atoms with Gasteiger partial charge in [-0.15, -0.1) is 0 Å². The molecule has 0 aromatic carbocycles. The summed E-state index contributed by atoms with van der Waals surface area (Å²) in [5.41, 5.74) is 0. The third kappa shape index (κ3) is 2.71. The maximum Gasteiger partial charge on any atom is 0.341 e. The van der Waals surface area contributed by atoms with Gasteiger partial charge in [-0.3, -0.25) is 9.59 Å². The number of hydrogen-bond acceptors (Lipinski definition) is 6. The van der Waals surface area contributed by atoms with Gasteiger partial charge in [0.15, 0.2) is 12.2 Å². The highest BCUT2D eigenvalue weighted by Crippen LogP contribution is 2.34. The molecule has 3 N–H and O–H groups in total. The summed E-state index contributed by atoms with van der Waals surface area (Å²) in [5.74, 6) is -9.98. The Kier molecular flexibility index (Phi) is 4.22. The van der Waals surface area contributed by atoms with Crippen molar-refractivity contribution in [3.8, 4) is 0 Å². The SMILES string of the molecule is C=COC(=O)C1OC(C(=O)O)C(C(=O)O)C1C(=O)O. The predicted molar refractivity (Wildman–Crippen MR) is 54.8 cm³/mol. The fraction of sp³-hybridized carbons (Fsp3) is 0.400. The molecule has 9 nitrogen and oxygen atoms in total. The summed E-state index contributed by atoms with van der Waals surface area (Å²) in [4.78, 5) is 44.3. The highest BCUT2D eigenvalue weighted by atomic mass is 16.6. The average Bonchev–Trinajstić information content (AvgIpc) is 2.69. The van der Waals surface area contributed by atoms with Crippen molar-refractivity contribution in [2.75, 3.05) is 0 Å². The van der Waals surface area contributed by atoms with E-state index in [1.807, 2.05) is 0 Å². The van der Waals surface area contributed by atoms with E-state index in [2.05, 4.69) is 11.3 Å². The molecule has 1 fully saturated rings. The zero-order valence-corrected chi connectivity index (χ0v) is 9.38. The Labute approximate surface area is 106 Å². The van der Waals surface area contributed by atoms with Crippen molar-refractivity contribution in [1.29, 1.82) is 0 Å². The van der Waals surface area contributed by atoms with Gasteiger partial charge in [0, 0.05) is 0 Å². The lowest BCUT2D eigenvalue weighted by Crippen LogP contribution is -2.39. The van der Waals surface area contributed by atoms with E-state index >= 15 is 0 Å². The molecule has 19 heavy (non-hydrogen) atoms. The van der Waals surface area contributed by atoms with Gasteiger partial charge >= 0.3 is 23.9 Å². The second-order valence-corrected chi connectivity index (χ2v) is 3.65. The molecule has 1 aliphatic heterocycles. The fourth-order valence-electron chi connectivity index (χ4n) is 1.83. The van der Waals surface area contributed by atoms with Crippen LogP contribution in [0.2, 0.25) is 0 Å². The molecule has 0 bridgehead atoms. The van der Waals surface area contributed by atoms with Gasteiger partial charge in [-0.05, 0) is 0 Å². The van der Waals surface area contributed by atoms with E-state index in [0.717, 1.165) is 0 Å².